The van der Waals surface area contributed by atoms with E-state index in [0.29, 0.717) is 11.0 Å². The van der Waals surface area contributed by atoms with Crippen molar-refractivity contribution in [2.24, 2.45) is 0 Å². The third-order valence-electron chi connectivity index (χ3n) is 1.61. The first-order valence-corrected chi connectivity index (χ1v) is 3.89. The van der Waals surface area contributed by atoms with Crippen LogP contribution in [0, 0.1) is 0 Å². The standard InChI is InChI=1S/C8H5ClN2O2/c9-8-3-10-4-1-6(12)7(13)2-5(4)11-8/h1-3,12-13H. The average Bonchev–Trinajstić information content (AvgIpc) is 2.08. The Morgan fingerprint density at radius 1 is 1.08 bits per heavy atom. The lowest BCUT2D eigenvalue weighted by Gasteiger charge is -1.99. The molecule has 1 aromatic carbocycles. The Labute approximate surface area is 78.4 Å². The van der Waals surface area contributed by atoms with Crippen LogP contribution in [-0.4, -0.2) is 20.2 Å². The fourth-order valence-corrected chi connectivity index (χ4v) is 1.15. The van der Waals surface area contributed by atoms with Gasteiger partial charge in [-0.2, -0.15) is 0 Å². The van der Waals surface area contributed by atoms with Crippen LogP contribution in [-0.2, 0) is 0 Å². The first-order chi connectivity index (χ1) is 6.16. The summed E-state index contributed by atoms with van der Waals surface area (Å²) in [6.07, 6.45) is 1.38. The molecule has 0 atom stereocenters. The van der Waals surface area contributed by atoms with E-state index < -0.39 is 0 Å². The first kappa shape index (κ1) is 8.07. The van der Waals surface area contributed by atoms with Gasteiger partial charge >= 0.3 is 0 Å². The van der Waals surface area contributed by atoms with Gasteiger partial charge in [0, 0.05) is 12.1 Å². The molecule has 0 saturated heterocycles. The monoisotopic (exact) mass is 196 g/mol. The van der Waals surface area contributed by atoms with Crippen molar-refractivity contribution in [3.63, 3.8) is 0 Å². The molecule has 0 amide bonds. The fourth-order valence-electron chi connectivity index (χ4n) is 1.01. The lowest BCUT2D eigenvalue weighted by Crippen LogP contribution is -1.83. The van der Waals surface area contributed by atoms with Crippen LogP contribution in [0.15, 0.2) is 18.3 Å². The molecule has 0 saturated carbocycles. The number of fused-ring (bicyclic) bond motifs is 1. The second-order valence-electron chi connectivity index (χ2n) is 2.52. The maximum Gasteiger partial charge on any atom is 0.159 e. The normalized spacial score (nSPS) is 10.5. The summed E-state index contributed by atoms with van der Waals surface area (Å²) >= 11 is 5.59. The van der Waals surface area contributed by atoms with Crippen LogP contribution in [0.1, 0.15) is 0 Å². The van der Waals surface area contributed by atoms with Gasteiger partial charge in [-0.25, -0.2) is 4.98 Å². The number of hydrogen-bond donors (Lipinski definition) is 2. The maximum atomic E-state index is 9.15. The van der Waals surface area contributed by atoms with Gasteiger partial charge in [-0.05, 0) is 0 Å². The van der Waals surface area contributed by atoms with Crippen LogP contribution >= 0.6 is 11.6 Å². The molecule has 5 heteroatoms. The number of rotatable bonds is 0. The minimum atomic E-state index is -0.232. The van der Waals surface area contributed by atoms with Crippen molar-refractivity contribution in [3.05, 3.63) is 23.5 Å². The smallest absolute Gasteiger partial charge is 0.159 e. The van der Waals surface area contributed by atoms with E-state index in [4.69, 9.17) is 21.8 Å². The van der Waals surface area contributed by atoms with E-state index in [2.05, 4.69) is 9.97 Å². The minimum Gasteiger partial charge on any atom is -0.504 e. The summed E-state index contributed by atoms with van der Waals surface area (Å²) in [5.74, 6) is -0.451. The van der Waals surface area contributed by atoms with Crippen LogP contribution in [0.25, 0.3) is 11.0 Å². The van der Waals surface area contributed by atoms with Crippen molar-refractivity contribution in [2.45, 2.75) is 0 Å². The summed E-state index contributed by atoms with van der Waals surface area (Å²) in [5.41, 5.74) is 0.933. The molecule has 1 heterocycles. The molecule has 4 nitrogen and oxygen atoms in total. The summed E-state index contributed by atoms with van der Waals surface area (Å²) < 4.78 is 0. The van der Waals surface area contributed by atoms with Crippen molar-refractivity contribution in [2.75, 3.05) is 0 Å². The molecular weight excluding hydrogens is 192 g/mol. The molecule has 0 aliphatic rings. The predicted molar refractivity (Wildman–Crippen MR) is 47.9 cm³/mol. The van der Waals surface area contributed by atoms with Crippen LogP contribution in [0.3, 0.4) is 0 Å². The molecule has 0 spiro atoms. The first-order valence-electron chi connectivity index (χ1n) is 3.51. The lowest BCUT2D eigenvalue weighted by molar-refractivity contribution is 0.404. The molecule has 0 unspecified atom stereocenters. The summed E-state index contributed by atoms with van der Waals surface area (Å²) in [6.45, 7) is 0. The van der Waals surface area contributed by atoms with Crippen molar-refractivity contribution in [3.8, 4) is 11.5 Å². The Kier molecular flexibility index (Phi) is 1.70. The Balaban J connectivity index is 2.81. The van der Waals surface area contributed by atoms with Gasteiger partial charge in [-0.1, -0.05) is 11.6 Å². The lowest BCUT2D eigenvalue weighted by atomic mass is 10.2. The Bertz CT molecular complexity index is 473. The SMILES string of the molecule is Oc1cc2ncc(Cl)nc2cc1O. The third kappa shape index (κ3) is 1.36. The highest BCUT2D eigenvalue weighted by atomic mass is 35.5. The molecule has 0 bridgehead atoms. The maximum absolute atomic E-state index is 9.15. The molecule has 0 aliphatic carbocycles. The number of aromatic nitrogens is 2. The topological polar surface area (TPSA) is 66.2 Å². The van der Waals surface area contributed by atoms with Crippen LogP contribution in [0.5, 0.6) is 11.5 Å². The molecule has 13 heavy (non-hydrogen) atoms. The third-order valence-corrected chi connectivity index (χ3v) is 1.79. The quantitative estimate of drug-likeness (QED) is 0.630. The number of halogens is 1. The largest absolute Gasteiger partial charge is 0.504 e. The average molecular weight is 197 g/mol. The predicted octanol–water partition coefficient (Wildman–Crippen LogP) is 1.69. The Morgan fingerprint density at radius 2 is 1.69 bits per heavy atom. The van der Waals surface area contributed by atoms with Crippen LogP contribution in [0.2, 0.25) is 5.15 Å². The Morgan fingerprint density at radius 3 is 2.38 bits per heavy atom. The number of benzene rings is 1. The molecule has 0 aliphatic heterocycles. The van der Waals surface area contributed by atoms with E-state index in [1.54, 1.807) is 0 Å². The summed E-state index contributed by atoms with van der Waals surface area (Å²) in [4.78, 5) is 7.83. The van der Waals surface area contributed by atoms with E-state index >= 15 is 0 Å². The van der Waals surface area contributed by atoms with Gasteiger partial charge in [-0.15, -0.1) is 0 Å². The van der Waals surface area contributed by atoms with Crippen molar-refractivity contribution < 1.29 is 10.2 Å². The summed E-state index contributed by atoms with van der Waals surface area (Å²) in [7, 11) is 0. The molecular formula is C8H5ClN2O2. The molecule has 1 aromatic heterocycles. The van der Waals surface area contributed by atoms with Gasteiger partial charge in [-0.3, -0.25) is 4.98 Å². The van der Waals surface area contributed by atoms with Gasteiger partial charge in [0.05, 0.1) is 17.2 Å². The summed E-state index contributed by atoms with van der Waals surface area (Å²) in [6, 6.07) is 2.64. The second kappa shape index (κ2) is 2.74. The number of hydrogen-bond acceptors (Lipinski definition) is 4. The highest BCUT2D eigenvalue weighted by molar-refractivity contribution is 6.29. The molecule has 66 valence electrons. The highest BCUT2D eigenvalue weighted by Gasteiger charge is 2.04. The zero-order chi connectivity index (χ0) is 9.42. The summed E-state index contributed by atoms with van der Waals surface area (Å²) in [5, 5.41) is 18.5. The van der Waals surface area contributed by atoms with Gasteiger partial charge in [0.1, 0.15) is 5.15 Å². The minimum absolute atomic E-state index is 0.218. The number of aromatic hydroxyl groups is 2. The molecule has 0 fully saturated rings. The van der Waals surface area contributed by atoms with E-state index in [-0.39, 0.29) is 16.7 Å². The zero-order valence-corrected chi connectivity index (χ0v) is 7.15. The molecule has 2 N–H and O–H groups in total. The molecule has 2 rings (SSSR count). The van der Waals surface area contributed by atoms with E-state index in [1.807, 2.05) is 0 Å². The second-order valence-corrected chi connectivity index (χ2v) is 2.91. The molecule has 2 aromatic rings. The number of phenols is 2. The van der Waals surface area contributed by atoms with E-state index in [9.17, 15) is 0 Å². The fraction of sp³-hybridized carbons (Fsp3) is 0. The van der Waals surface area contributed by atoms with Crippen molar-refractivity contribution in [1.82, 2.24) is 9.97 Å². The van der Waals surface area contributed by atoms with Gasteiger partial charge in [0.2, 0.25) is 0 Å². The molecule has 0 radical (unpaired) electrons. The van der Waals surface area contributed by atoms with Crippen LogP contribution in [0.4, 0.5) is 0 Å². The van der Waals surface area contributed by atoms with E-state index in [0.717, 1.165) is 0 Å². The van der Waals surface area contributed by atoms with Crippen molar-refractivity contribution in [1.29, 1.82) is 0 Å². The number of nitrogens with zero attached hydrogens (tertiary/aromatic N) is 2. The van der Waals surface area contributed by atoms with E-state index in [1.165, 1.54) is 18.3 Å². The zero-order valence-electron chi connectivity index (χ0n) is 6.40. The van der Waals surface area contributed by atoms with Gasteiger partial charge in [0.15, 0.2) is 11.5 Å². The van der Waals surface area contributed by atoms with Crippen LogP contribution < -0.4 is 0 Å². The number of phenolic OH excluding ortho intramolecular Hbond substituents is 2. The van der Waals surface area contributed by atoms with Gasteiger partial charge in [0.25, 0.3) is 0 Å². The highest BCUT2D eigenvalue weighted by Crippen LogP contribution is 2.28. The Hall–Kier alpha value is -1.55. The van der Waals surface area contributed by atoms with Gasteiger partial charge < -0.3 is 10.2 Å². The van der Waals surface area contributed by atoms with Crippen molar-refractivity contribution >= 4 is 22.6 Å².